The number of nitrogens with one attached hydrogen (secondary N) is 1. The van der Waals surface area contributed by atoms with Gasteiger partial charge in [0.2, 0.25) is 0 Å². The number of rotatable bonds is 6. The lowest BCUT2D eigenvalue weighted by Gasteiger charge is -2.12. The summed E-state index contributed by atoms with van der Waals surface area (Å²) in [4.78, 5) is 1.33. The average Bonchev–Trinajstić information content (AvgIpc) is 2.58. The van der Waals surface area contributed by atoms with Crippen LogP contribution in [0.5, 0.6) is 0 Å². The summed E-state index contributed by atoms with van der Waals surface area (Å²) in [5.74, 6) is 0. The Morgan fingerprint density at radius 3 is 2.87 bits per heavy atom. The largest absolute Gasteiger partial charge is 0.309 e. The zero-order valence-corrected chi connectivity index (χ0v) is 11.1. The molecule has 84 valence electrons. The second kappa shape index (κ2) is 6.54. The van der Waals surface area contributed by atoms with Crippen LogP contribution >= 0.6 is 34.5 Å². The second-order valence-electron chi connectivity index (χ2n) is 3.54. The minimum atomic E-state index is 0.446. The quantitative estimate of drug-likeness (QED) is 0.816. The third-order valence-electron chi connectivity index (χ3n) is 2.09. The van der Waals surface area contributed by atoms with Crippen molar-refractivity contribution in [2.45, 2.75) is 25.8 Å². The highest BCUT2D eigenvalue weighted by molar-refractivity contribution is 7.16. The molecule has 0 bridgehead atoms. The van der Waals surface area contributed by atoms with Gasteiger partial charge >= 0.3 is 0 Å². The van der Waals surface area contributed by atoms with Crippen molar-refractivity contribution in [2.24, 2.45) is 0 Å². The Morgan fingerprint density at radius 2 is 2.33 bits per heavy atom. The van der Waals surface area contributed by atoms with Crippen LogP contribution in [0.25, 0.3) is 0 Å². The first-order valence-corrected chi connectivity index (χ1v) is 6.46. The predicted octanol–water partition coefficient (Wildman–Crippen LogP) is 4.06. The fourth-order valence-corrected chi connectivity index (χ4v) is 2.41. The van der Waals surface area contributed by atoms with Crippen LogP contribution in [-0.2, 0) is 6.42 Å². The van der Waals surface area contributed by atoms with Gasteiger partial charge in [0, 0.05) is 22.5 Å². The van der Waals surface area contributed by atoms with Crippen LogP contribution in [0.4, 0.5) is 0 Å². The fourth-order valence-electron chi connectivity index (χ4n) is 1.23. The summed E-state index contributed by atoms with van der Waals surface area (Å²) < 4.78 is 0.861. The van der Waals surface area contributed by atoms with Gasteiger partial charge in [-0.1, -0.05) is 29.8 Å². The predicted molar refractivity (Wildman–Crippen MR) is 70.1 cm³/mol. The summed E-state index contributed by atoms with van der Waals surface area (Å²) in [6.45, 7) is 6.46. The zero-order valence-electron chi connectivity index (χ0n) is 8.72. The van der Waals surface area contributed by atoms with E-state index in [4.69, 9.17) is 23.2 Å². The summed E-state index contributed by atoms with van der Waals surface area (Å²) in [7, 11) is 0. The Balaban J connectivity index is 2.22. The van der Waals surface area contributed by atoms with Crippen molar-refractivity contribution in [1.82, 2.24) is 5.32 Å². The van der Waals surface area contributed by atoms with Crippen LogP contribution in [0.15, 0.2) is 23.7 Å². The molecule has 1 nitrogen and oxygen atoms in total. The van der Waals surface area contributed by atoms with Gasteiger partial charge in [-0.05, 0) is 31.9 Å². The minimum Gasteiger partial charge on any atom is -0.309 e. The highest BCUT2D eigenvalue weighted by Crippen LogP contribution is 2.22. The molecule has 1 N–H and O–H groups in total. The monoisotopic (exact) mass is 263 g/mol. The molecule has 1 rings (SSSR count). The number of hydrogen-bond donors (Lipinski definition) is 1. The molecule has 0 aliphatic rings. The van der Waals surface area contributed by atoms with Crippen LogP contribution in [0.3, 0.4) is 0 Å². The zero-order chi connectivity index (χ0) is 11.3. The molecule has 0 amide bonds. The van der Waals surface area contributed by atoms with Gasteiger partial charge in [0.15, 0.2) is 0 Å². The first-order chi connectivity index (χ1) is 7.08. The van der Waals surface area contributed by atoms with Gasteiger partial charge < -0.3 is 5.32 Å². The number of aryl methyl sites for hydroxylation is 1. The van der Waals surface area contributed by atoms with Gasteiger partial charge in [0.05, 0.1) is 4.34 Å². The summed E-state index contributed by atoms with van der Waals surface area (Å²) in [6, 6.07) is 4.47. The van der Waals surface area contributed by atoms with E-state index < -0.39 is 0 Å². The summed E-state index contributed by atoms with van der Waals surface area (Å²) in [5.41, 5.74) is 0. The van der Waals surface area contributed by atoms with Crippen LogP contribution in [0.1, 0.15) is 18.2 Å². The maximum absolute atomic E-state index is 5.85. The molecule has 0 aromatic carbocycles. The summed E-state index contributed by atoms with van der Waals surface area (Å²) in [6.07, 6.45) is 2.14. The highest BCUT2D eigenvalue weighted by atomic mass is 35.5. The number of halogens is 2. The molecule has 0 spiro atoms. The van der Waals surface area contributed by atoms with Crippen molar-refractivity contribution in [1.29, 1.82) is 0 Å². The molecule has 1 aromatic rings. The van der Waals surface area contributed by atoms with Gasteiger partial charge in [0.1, 0.15) is 0 Å². The van der Waals surface area contributed by atoms with Crippen LogP contribution in [0, 0.1) is 0 Å². The fraction of sp³-hybridized carbons (Fsp3) is 0.455. The lowest BCUT2D eigenvalue weighted by atomic mass is 10.1. The highest BCUT2D eigenvalue weighted by Gasteiger charge is 2.03. The van der Waals surface area contributed by atoms with Crippen molar-refractivity contribution >= 4 is 34.5 Å². The molecular formula is C11H15Cl2NS. The second-order valence-corrected chi connectivity index (χ2v) is 5.88. The summed E-state index contributed by atoms with van der Waals surface area (Å²) >= 11 is 13.2. The lowest BCUT2D eigenvalue weighted by molar-refractivity contribution is 0.543. The Labute approximate surface area is 105 Å². The summed E-state index contributed by atoms with van der Waals surface area (Å²) in [5, 5.41) is 3.95. The smallest absolute Gasteiger partial charge is 0.0931 e. The molecule has 0 fully saturated rings. The molecular weight excluding hydrogens is 249 g/mol. The maximum atomic E-state index is 5.85. The molecule has 0 saturated carbocycles. The molecule has 0 aliphatic carbocycles. The third-order valence-corrected chi connectivity index (χ3v) is 3.52. The van der Waals surface area contributed by atoms with E-state index in [1.54, 1.807) is 11.3 Å². The molecule has 4 heteroatoms. The standard InChI is InChI=1S/C11H15Cl2NS/c1-8(12)7-14-9(2)3-4-10-5-6-11(13)15-10/h5-6,9,14H,1,3-4,7H2,2H3. The maximum Gasteiger partial charge on any atom is 0.0931 e. The van der Waals surface area contributed by atoms with Crippen LogP contribution < -0.4 is 5.32 Å². The van der Waals surface area contributed by atoms with Crippen molar-refractivity contribution in [3.63, 3.8) is 0 Å². The van der Waals surface area contributed by atoms with Crippen LogP contribution in [0.2, 0.25) is 4.34 Å². The molecule has 0 aliphatic heterocycles. The molecule has 0 saturated heterocycles. The van der Waals surface area contributed by atoms with E-state index in [-0.39, 0.29) is 0 Å². The third kappa shape index (κ3) is 5.57. The Bertz CT molecular complexity index is 322. The van der Waals surface area contributed by atoms with Crippen LogP contribution in [-0.4, -0.2) is 12.6 Å². The molecule has 15 heavy (non-hydrogen) atoms. The first-order valence-electron chi connectivity index (χ1n) is 4.89. The SMILES string of the molecule is C=C(Cl)CNC(C)CCc1ccc(Cl)s1. The Hall–Kier alpha value is -0.0200. The lowest BCUT2D eigenvalue weighted by Crippen LogP contribution is -2.27. The van der Waals surface area contributed by atoms with Crippen molar-refractivity contribution in [2.75, 3.05) is 6.54 Å². The van der Waals surface area contributed by atoms with Gasteiger partial charge in [0.25, 0.3) is 0 Å². The minimum absolute atomic E-state index is 0.446. The van der Waals surface area contributed by atoms with E-state index >= 15 is 0 Å². The molecule has 1 unspecified atom stereocenters. The van der Waals surface area contributed by atoms with E-state index in [1.165, 1.54) is 4.88 Å². The van der Waals surface area contributed by atoms with Crippen molar-refractivity contribution in [3.8, 4) is 0 Å². The van der Waals surface area contributed by atoms with E-state index in [0.717, 1.165) is 17.2 Å². The van der Waals surface area contributed by atoms with Crippen molar-refractivity contribution in [3.05, 3.63) is 33.0 Å². The van der Waals surface area contributed by atoms with Gasteiger partial charge in [-0.2, -0.15) is 0 Å². The normalized spacial score (nSPS) is 12.7. The first kappa shape index (κ1) is 13.0. The van der Waals surface area contributed by atoms with E-state index in [0.29, 0.717) is 17.6 Å². The Kier molecular flexibility index (Phi) is 5.69. The molecule has 0 radical (unpaired) electrons. The van der Waals surface area contributed by atoms with Crippen molar-refractivity contribution < 1.29 is 0 Å². The van der Waals surface area contributed by atoms with E-state index in [1.807, 2.05) is 6.07 Å². The van der Waals surface area contributed by atoms with Gasteiger partial charge in [-0.3, -0.25) is 0 Å². The molecule has 1 aromatic heterocycles. The van der Waals surface area contributed by atoms with E-state index in [9.17, 15) is 0 Å². The topological polar surface area (TPSA) is 12.0 Å². The van der Waals surface area contributed by atoms with E-state index in [2.05, 4.69) is 24.9 Å². The van der Waals surface area contributed by atoms with Gasteiger partial charge in [-0.25, -0.2) is 0 Å². The average molecular weight is 264 g/mol. The van der Waals surface area contributed by atoms with Gasteiger partial charge in [-0.15, -0.1) is 11.3 Å². The molecule has 1 atom stereocenters. The number of hydrogen-bond acceptors (Lipinski definition) is 2. The number of thiophene rings is 1. The Morgan fingerprint density at radius 1 is 1.60 bits per heavy atom. The molecule has 1 heterocycles.